The Morgan fingerprint density at radius 2 is 1.41 bits per heavy atom. The number of hydrogen-bond donors (Lipinski definition) is 3. The molecule has 3 nitrogen and oxygen atoms in total. The van der Waals surface area contributed by atoms with E-state index in [1.807, 2.05) is 70.2 Å². The Labute approximate surface area is 202 Å². The molecule has 172 valence electrons. The van der Waals surface area contributed by atoms with Crippen LogP contribution in [-0.4, -0.2) is 23.2 Å². The van der Waals surface area contributed by atoms with Crippen LogP contribution in [0.3, 0.4) is 0 Å². The number of aliphatic hydroxyl groups excluding tert-OH is 1. The molecular formula is C30H32BNO2. The van der Waals surface area contributed by atoms with Gasteiger partial charge in [0.05, 0.1) is 6.10 Å². The lowest BCUT2D eigenvalue weighted by atomic mass is 9.41. The minimum Gasteiger partial charge on any atom is -0.449 e. The number of aliphatic hydroxyl groups is 1. The zero-order valence-corrected chi connectivity index (χ0v) is 20.3. The van der Waals surface area contributed by atoms with Gasteiger partial charge in [-0.2, -0.15) is 0 Å². The highest BCUT2D eigenvalue weighted by Crippen LogP contribution is 2.60. The van der Waals surface area contributed by atoms with Gasteiger partial charge in [-0.05, 0) is 44.4 Å². The number of hydrogen-bond acceptors (Lipinski definition) is 3. The molecule has 1 fully saturated rings. The van der Waals surface area contributed by atoms with Crippen molar-refractivity contribution >= 4 is 23.4 Å². The molecule has 2 unspecified atom stereocenters. The second-order valence-corrected chi connectivity index (χ2v) is 10.8. The summed E-state index contributed by atoms with van der Waals surface area (Å²) >= 11 is 0. The number of fused-ring (bicyclic) bond motifs is 1. The molecule has 0 bridgehead atoms. The Morgan fingerprint density at radius 3 is 2.03 bits per heavy atom. The van der Waals surface area contributed by atoms with Crippen LogP contribution in [0.1, 0.15) is 39.1 Å². The van der Waals surface area contributed by atoms with Crippen LogP contribution in [-0.2, 0) is 0 Å². The summed E-state index contributed by atoms with van der Waals surface area (Å²) in [5.41, 5.74) is 12.3. The van der Waals surface area contributed by atoms with E-state index in [1.165, 1.54) is 0 Å². The Kier molecular flexibility index (Phi) is 5.35. The van der Waals surface area contributed by atoms with Gasteiger partial charge in [-0.25, -0.2) is 0 Å². The van der Waals surface area contributed by atoms with Crippen molar-refractivity contribution in [2.75, 3.05) is 5.73 Å². The summed E-state index contributed by atoms with van der Waals surface area (Å²) in [5, 5.41) is 24.0. The van der Waals surface area contributed by atoms with Crippen LogP contribution in [0.25, 0.3) is 33.0 Å². The highest BCUT2D eigenvalue weighted by molar-refractivity contribution is 6.57. The van der Waals surface area contributed by atoms with E-state index in [4.69, 9.17) is 5.73 Å². The van der Waals surface area contributed by atoms with Gasteiger partial charge in [0.1, 0.15) is 0 Å². The maximum atomic E-state index is 11.1. The van der Waals surface area contributed by atoms with Gasteiger partial charge in [-0.15, -0.1) is 0 Å². The second-order valence-electron chi connectivity index (χ2n) is 10.8. The van der Waals surface area contributed by atoms with E-state index >= 15 is 0 Å². The zero-order valence-electron chi connectivity index (χ0n) is 20.3. The number of nitrogens with two attached hydrogens (primary N) is 1. The second kappa shape index (κ2) is 8.01. The third-order valence-electron chi connectivity index (χ3n) is 8.58. The smallest absolute Gasteiger partial charge is 0.305 e. The minimum atomic E-state index is -0.631. The van der Waals surface area contributed by atoms with Crippen LogP contribution in [0, 0.1) is 5.41 Å². The Hall–Kier alpha value is -3.08. The fraction of sp³-hybridized carbons (Fsp3) is 0.267. The van der Waals surface area contributed by atoms with Gasteiger partial charge in [0.25, 0.3) is 0 Å². The summed E-state index contributed by atoms with van der Waals surface area (Å²) in [5.74, 6) is -0.332. The summed E-state index contributed by atoms with van der Waals surface area (Å²) in [6.45, 7) is 7.52. The van der Waals surface area contributed by atoms with Crippen LogP contribution in [0.5, 0.6) is 0 Å². The van der Waals surface area contributed by atoms with Crippen molar-refractivity contribution in [3.63, 3.8) is 0 Å². The third-order valence-corrected chi connectivity index (χ3v) is 8.58. The summed E-state index contributed by atoms with van der Waals surface area (Å²) < 4.78 is 0. The molecule has 1 aliphatic heterocycles. The van der Waals surface area contributed by atoms with Gasteiger partial charge < -0.3 is 15.9 Å². The molecule has 4 aromatic carbocycles. The topological polar surface area (TPSA) is 66.5 Å². The first-order chi connectivity index (χ1) is 16.1. The Balaban J connectivity index is 1.64. The van der Waals surface area contributed by atoms with E-state index in [-0.39, 0.29) is 5.82 Å². The van der Waals surface area contributed by atoms with Gasteiger partial charge in [0.2, 0.25) is 0 Å². The maximum Gasteiger partial charge on any atom is 0.305 e. The predicted molar refractivity (Wildman–Crippen MR) is 144 cm³/mol. The largest absolute Gasteiger partial charge is 0.449 e. The van der Waals surface area contributed by atoms with E-state index in [0.717, 1.165) is 44.3 Å². The molecule has 4 aromatic rings. The molecule has 0 radical (unpaired) electrons. The summed E-state index contributed by atoms with van der Waals surface area (Å²) in [4.78, 5) is 0. The average Bonchev–Trinajstić information content (AvgIpc) is 2.96. The summed E-state index contributed by atoms with van der Waals surface area (Å²) in [6.07, 6.45) is -0.631. The molecule has 0 saturated carbocycles. The molecule has 2 atom stereocenters. The zero-order chi connectivity index (χ0) is 24.3. The molecule has 1 saturated heterocycles. The molecule has 0 amide bonds. The fourth-order valence-electron chi connectivity index (χ4n) is 5.60. The first-order valence-corrected chi connectivity index (χ1v) is 12.0. The van der Waals surface area contributed by atoms with Crippen molar-refractivity contribution in [3.8, 4) is 22.3 Å². The summed E-state index contributed by atoms with van der Waals surface area (Å²) in [6, 6.07) is 28.9. The third kappa shape index (κ3) is 3.28. The van der Waals surface area contributed by atoms with Crippen LogP contribution < -0.4 is 5.73 Å². The average molecular weight is 449 g/mol. The molecular weight excluding hydrogens is 417 g/mol. The van der Waals surface area contributed by atoms with Crippen molar-refractivity contribution < 1.29 is 10.1 Å². The number of rotatable bonds is 3. The van der Waals surface area contributed by atoms with Crippen LogP contribution >= 0.6 is 0 Å². The SMILES string of the molecule is CC1(C)B(O)C(c2ccc(-c3c(-c4ccccc4)cc4ccccc4c3N)cc2)C(O)C1(C)C. The van der Waals surface area contributed by atoms with Gasteiger partial charge in [-0.3, -0.25) is 0 Å². The lowest BCUT2D eigenvalue weighted by molar-refractivity contribution is 0.0406. The van der Waals surface area contributed by atoms with Gasteiger partial charge in [0, 0.05) is 22.5 Å². The minimum absolute atomic E-state index is 0.332. The lowest BCUT2D eigenvalue weighted by Gasteiger charge is -2.37. The number of anilines is 1. The first kappa shape index (κ1) is 22.7. The van der Waals surface area contributed by atoms with Crippen molar-refractivity contribution in [1.82, 2.24) is 0 Å². The summed E-state index contributed by atoms with van der Waals surface area (Å²) in [7, 11) is 0. The molecule has 34 heavy (non-hydrogen) atoms. The van der Waals surface area contributed by atoms with Gasteiger partial charge in [-0.1, -0.05) is 107 Å². The van der Waals surface area contributed by atoms with Crippen molar-refractivity contribution in [3.05, 3.63) is 90.5 Å². The predicted octanol–water partition coefficient (Wildman–Crippen LogP) is 6.54. The van der Waals surface area contributed by atoms with Crippen LogP contribution in [0.2, 0.25) is 5.31 Å². The van der Waals surface area contributed by atoms with Gasteiger partial charge >= 0.3 is 6.92 Å². The molecule has 0 aromatic heterocycles. The van der Waals surface area contributed by atoms with E-state index < -0.39 is 23.7 Å². The van der Waals surface area contributed by atoms with E-state index in [1.54, 1.807) is 0 Å². The quantitative estimate of drug-likeness (QED) is 0.246. The highest BCUT2D eigenvalue weighted by Gasteiger charge is 2.62. The van der Waals surface area contributed by atoms with E-state index in [9.17, 15) is 10.1 Å². The Bertz CT molecular complexity index is 1330. The fourth-order valence-corrected chi connectivity index (χ4v) is 5.60. The molecule has 4 N–H and O–H groups in total. The van der Waals surface area contributed by atoms with Crippen LogP contribution in [0.4, 0.5) is 5.69 Å². The van der Waals surface area contributed by atoms with Crippen molar-refractivity contribution in [1.29, 1.82) is 0 Å². The standard InChI is InChI=1S/C30H32BNO2/c1-29(2)28(33)26(31(34)30(29,3)4)21-16-14-20(15-17-21)25-24(19-10-6-5-7-11-19)18-22-12-8-9-13-23(22)27(25)32/h5-18,26,28,33-34H,32H2,1-4H3. The van der Waals surface area contributed by atoms with E-state index in [0.29, 0.717) is 0 Å². The maximum absolute atomic E-state index is 11.1. The highest BCUT2D eigenvalue weighted by atomic mass is 16.3. The molecule has 1 heterocycles. The molecule has 4 heteroatoms. The van der Waals surface area contributed by atoms with Crippen molar-refractivity contribution in [2.24, 2.45) is 5.41 Å². The van der Waals surface area contributed by atoms with Gasteiger partial charge in [0.15, 0.2) is 0 Å². The first-order valence-electron chi connectivity index (χ1n) is 12.0. The number of nitrogen functional groups attached to an aromatic ring is 1. The molecule has 0 aliphatic carbocycles. The van der Waals surface area contributed by atoms with Crippen LogP contribution in [0.15, 0.2) is 84.9 Å². The molecule has 1 aliphatic rings. The van der Waals surface area contributed by atoms with Crippen molar-refractivity contribution in [2.45, 2.75) is 44.9 Å². The lowest BCUT2D eigenvalue weighted by Crippen LogP contribution is -2.34. The Morgan fingerprint density at radius 1 is 0.794 bits per heavy atom. The number of benzene rings is 4. The monoisotopic (exact) mass is 449 g/mol. The normalized spacial score (nSPS) is 21.2. The van der Waals surface area contributed by atoms with E-state index in [2.05, 4.69) is 42.5 Å². The molecule has 0 spiro atoms. The molecule has 5 rings (SSSR count).